The highest BCUT2D eigenvalue weighted by Crippen LogP contribution is 2.07. The summed E-state index contributed by atoms with van der Waals surface area (Å²) in [4.78, 5) is 9.33. The molecule has 0 amide bonds. The van der Waals surface area contributed by atoms with Crippen LogP contribution in [-0.4, -0.2) is 101 Å². The van der Waals surface area contributed by atoms with E-state index in [0.717, 1.165) is 78.1 Å². The Balaban J connectivity index is 0.00000364. The topological polar surface area (TPSA) is 61.4 Å². The van der Waals surface area contributed by atoms with Gasteiger partial charge in [0.05, 0.1) is 25.9 Å². The predicted molar refractivity (Wildman–Crippen MR) is 122 cm³/mol. The molecule has 0 aliphatic carbocycles. The highest BCUT2D eigenvalue weighted by atomic mass is 127. The minimum atomic E-state index is 0. The molecule has 0 radical (unpaired) electrons. The summed E-state index contributed by atoms with van der Waals surface area (Å²) in [6, 6.07) is 0. The van der Waals surface area contributed by atoms with E-state index in [2.05, 4.69) is 46.2 Å². The van der Waals surface area contributed by atoms with Crippen LogP contribution >= 0.6 is 24.0 Å². The van der Waals surface area contributed by atoms with Gasteiger partial charge in [0, 0.05) is 59.4 Å². The van der Waals surface area contributed by atoms with Gasteiger partial charge in [-0.15, -0.1) is 24.0 Å². The SMILES string of the molecule is CN=C(NCC(C)CN1CCOCC1)NCC1CN(CC(C)C)CCO1.I. The Bertz CT molecular complexity index is 419. The Morgan fingerprint density at radius 1 is 1.04 bits per heavy atom. The van der Waals surface area contributed by atoms with Crippen molar-refractivity contribution >= 4 is 29.9 Å². The maximum atomic E-state index is 5.91. The number of hydrogen-bond donors (Lipinski definition) is 2. The lowest BCUT2D eigenvalue weighted by Gasteiger charge is -2.34. The summed E-state index contributed by atoms with van der Waals surface area (Å²) in [7, 11) is 1.83. The van der Waals surface area contributed by atoms with Gasteiger partial charge in [0.15, 0.2) is 5.96 Å². The molecule has 2 N–H and O–H groups in total. The quantitative estimate of drug-likeness (QED) is 0.298. The van der Waals surface area contributed by atoms with Gasteiger partial charge >= 0.3 is 0 Å². The lowest BCUT2D eigenvalue weighted by molar-refractivity contribution is -0.0284. The zero-order chi connectivity index (χ0) is 18.8. The maximum absolute atomic E-state index is 5.91. The zero-order valence-electron chi connectivity index (χ0n) is 17.6. The van der Waals surface area contributed by atoms with E-state index in [4.69, 9.17) is 9.47 Å². The van der Waals surface area contributed by atoms with E-state index in [9.17, 15) is 0 Å². The third-order valence-corrected chi connectivity index (χ3v) is 4.86. The first-order chi connectivity index (χ1) is 12.6. The number of hydrogen-bond acceptors (Lipinski definition) is 5. The fraction of sp³-hybridized carbons (Fsp3) is 0.947. The van der Waals surface area contributed by atoms with E-state index < -0.39 is 0 Å². The summed E-state index contributed by atoms with van der Waals surface area (Å²) in [6.07, 6.45) is 0.229. The molecule has 0 aromatic rings. The molecule has 7 nitrogen and oxygen atoms in total. The number of nitrogens with one attached hydrogen (secondary N) is 2. The van der Waals surface area contributed by atoms with Crippen molar-refractivity contribution in [2.45, 2.75) is 26.9 Å². The second-order valence-electron chi connectivity index (χ2n) is 8.00. The molecule has 2 unspecified atom stereocenters. The van der Waals surface area contributed by atoms with Gasteiger partial charge in [-0.1, -0.05) is 20.8 Å². The van der Waals surface area contributed by atoms with Crippen molar-refractivity contribution in [1.29, 1.82) is 0 Å². The van der Waals surface area contributed by atoms with Crippen molar-refractivity contribution in [1.82, 2.24) is 20.4 Å². The number of halogens is 1. The molecule has 2 aliphatic rings. The van der Waals surface area contributed by atoms with Crippen molar-refractivity contribution in [2.75, 3.05) is 79.2 Å². The summed E-state index contributed by atoms with van der Waals surface area (Å²) in [6.45, 7) is 17.5. The summed E-state index contributed by atoms with van der Waals surface area (Å²) in [5.74, 6) is 2.13. The number of nitrogens with zero attached hydrogens (tertiary/aromatic N) is 3. The predicted octanol–water partition coefficient (Wildman–Crippen LogP) is 1.09. The van der Waals surface area contributed by atoms with E-state index in [1.807, 2.05) is 7.05 Å². The number of aliphatic imine (C=N–C) groups is 1. The second kappa shape index (κ2) is 13.9. The summed E-state index contributed by atoms with van der Waals surface area (Å²) >= 11 is 0. The van der Waals surface area contributed by atoms with Crippen LogP contribution in [0.2, 0.25) is 0 Å². The van der Waals surface area contributed by atoms with Gasteiger partial charge in [-0.25, -0.2) is 0 Å². The van der Waals surface area contributed by atoms with Crippen LogP contribution in [0, 0.1) is 11.8 Å². The van der Waals surface area contributed by atoms with Gasteiger partial charge < -0.3 is 20.1 Å². The van der Waals surface area contributed by atoms with Crippen LogP contribution in [0.5, 0.6) is 0 Å². The van der Waals surface area contributed by atoms with Gasteiger partial charge in [0.1, 0.15) is 0 Å². The van der Waals surface area contributed by atoms with E-state index in [1.165, 1.54) is 0 Å². The molecule has 8 heteroatoms. The molecule has 27 heavy (non-hydrogen) atoms. The maximum Gasteiger partial charge on any atom is 0.191 e. The van der Waals surface area contributed by atoms with E-state index in [1.54, 1.807) is 0 Å². The normalized spacial score (nSPS) is 23.7. The molecule has 0 spiro atoms. The minimum Gasteiger partial charge on any atom is -0.379 e. The standard InChI is InChI=1S/C19H39N5O2.HI/c1-16(2)13-24-7-10-26-18(15-24)12-22-19(20-4)21-11-17(3)14-23-5-8-25-9-6-23;/h16-18H,5-15H2,1-4H3,(H2,20,21,22);1H. The van der Waals surface area contributed by atoms with Gasteiger partial charge in [-0.3, -0.25) is 14.8 Å². The van der Waals surface area contributed by atoms with E-state index in [0.29, 0.717) is 11.8 Å². The fourth-order valence-electron chi connectivity index (χ4n) is 3.58. The summed E-state index contributed by atoms with van der Waals surface area (Å²) in [5.41, 5.74) is 0. The van der Waals surface area contributed by atoms with Crippen LogP contribution in [0.1, 0.15) is 20.8 Å². The summed E-state index contributed by atoms with van der Waals surface area (Å²) in [5, 5.41) is 6.88. The van der Waals surface area contributed by atoms with Crippen molar-refractivity contribution in [3.8, 4) is 0 Å². The van der Waals surface area contributed by atoms with Crippen LogP contribution in [0.4, 0.5) is 0 Å². The monoisotopic (exact) mass is 497 g/mol. The number of ether oxygens (including phenoxy) is 2. The molecule has 0 saturated carbocycles. The molecule has 2 saturated heterocycles. The molecule has 160 valence electrons. The number of morpholine rings is 2. The first kappa shape index (κ1) is 24.9. The molecule has 2 atom stereocenters. The van der Waals surface area contributed by atoms with Crippen LogP contribution in [0.25, 0.3) is 0 Å². The molecule has 2 aliphatic heterocycles. The lowest BCUT2D eigenvalue weighted by Crippen LogP contribution is -2.50. The molecule has 0 aromatic heterocycles. The highest BCUT2D eigenvalue weighted by molar-refractivity contribution is 14.0. The van der Waals surface area contributed by atoms with E-state index in [-0.39, 0.29) is 30.1 Å². The second-order valence-corrected chi connectivity index (χ2v) is 8.00. The smallest absolute Gasteiger partial charge is 0.191 e. The van der Waals surface area contributed by atoms with E-state index >= 15 is 0 Å². The third kappa shape index (κ3) is 10.3. The molecule has 2 rings (SSSR count). The average molecular weight is 497 g/mol. The number of guanidine groups is 1. The van der Waals surface area contributed by atoms with Crippen molar-refractivity contribution < 1.29 is 9.47 Å². The first-order valence-corrected chi connectivity index (χ1v) is 10.2. The van der Waals surface area contributed by atoms with Crippen molar-refractivity contribution in [2.24, 2.45) is 16.8 Å². The van der Waals surface area contributed by atoms with Crippen LogP contribution in [0.15, 0.2) is 4.99 Å². The minimum absolute atomic E-state index is 0. The Labute approximate surface area is 182 Å². The average Bonchev–Trinajstić information content (AvgIpc) is 2.62. The Morgan fingerprint density at radius 3 is 2.41 bits per heavy atom. The summed E-state index contributed by atoms with van der Waals surface area (Å²) < 4.78 is 11.3. The molecule has 2 fully saturated rings. The van der Waals surface area contributed by atoms with Crippen molar-refractivity contribution in [3.63, 3.8) is 0 Å². The third-order valence-electron chi connectivity index (χ3n) is 4.86. The van der Waals surface area contributed by atoms with Crippen molar-refractivity contribution in [3.05, 3.63) is 0 Å². The van der Waals surface area contributed by atoms with Gasteiger partial charge in [-0.2, -0.15) is 0 Å². The largest absolute Gasteiger partial charge is 0.379 e. The Hall–Kier alpha value is -0.160. The van der Waals surface area contributed by atoms with Gasteiger partial charge in [0.2, 0.25) is 0 Å². The van der Waals surface area contributed by atoms with Gasteiger partial charge in [0.25, 0.3) is 0 Å². The van der Waals surface area contributed by atoms with Crippen LogP contribution in [-0.2, 0) is 9.47 Å². The molecule has 0 bridgehead atoms. The zero-order valence-corrected chi connectivity index (χ0v) is 19.9. The molecule has 2 heterocycles. The fourth-order valence-corrected chi connectivity index (χ4v) is 3.58. The molecule has 0 aromatic carbocycles. The van der Waals surface area contributed by atoms with Gasteiger partial charge in [-0.05, 0) is 11.8 Å². The van der Waals surface area contributed by atoms with Crippen LogP contribution < -0.4 is 10.6 Å². The Morgan fingerprint density at radius 2 is 1.74 bits per heavy atom. The number of rotatable bonds is 8. The lowest BCUT2D eigenvalue weighted by atomic mass is 10.1. The highest BCUT2D eigenvalue weighted by Gasteiger charge is 2.21. The van der Waals surface area contributed by atoms with Crippen LogP contribution in [0.3, 0.4) is 0 Å². The Kier molecular flexibility index (Phi) is 12.8. The molecular formula is C19H40IN5O2. The first-order valence-electron chi connectivity index (χ1n) is 10.2. The molecular weight excluding hydrogens is 457 g/mol.